The van der Waals surface area contributed by atoms with E-state index in [1.165, 1.54) is 18.4 Å². The van der Waals surface area contributed by atoms with E-state index in [2.05, 4.69) is 29.2 Å². The Morgan fingerprint density at radius 1 is 1.25 bits per heavy atom. The van der Waals surface area contributed by atoms with Crippen molar-refractivity contribution >= 4 is 46.0 Å². The first kappa shape index (κ1) is 25.9. The number of fused-ring (bicyclic) bond motifs is 1. The molecule has 0 fully saturated rings. The van der Waals surface area contributed by atoms with Crippen molar-refractivity contribution in [3.05, 3.63) is 101 Å². The molecule has 0 unspecified atom stereocenters. The van der Waals surface area contributed by atoms with Gasteiger partial charge in [-0.2, -0.15) is 0 Å². The number of allylic oxidation sites excluding steroid dienone is 1. The van der Waals surface area contributed by atoms with E-state index in [1.54, 1.807) is 23.8 Å². The highest BCUT2D eigenvalue weighted by atomic mass is 127. The van der Waals surface area contributed by atoms with Crippen LogP contribution in [0.5, 0.6) is 11.5 Å². The molecular weight excluding hydrogens is 591 g/mol. The summed E-state index contributed by atoms with van der Waals surface area (Å²) >= 11 is 3.47. The fraction of sp³-hybridized carbons (Fsp3) is 0.222. The first-order valence-electron chi connectivity index (χ1n) is 11.2. The molecule has 9 heteroatoms. The lowest BCUT2D eigenvalue weighted by Gasteiger charge is -2.25. The molecule has 1 aromatic heterocycles. The molecule has 0 bridgehead atoms. The summed E-state index contributed by atoms with van der Waals surface area (Å²) in [5, 5.41) is 0. The SMILES string of the molecule is C=CCOc1c(I)cc(/C=c2/sc3n(c2=O)[C@H](c2ccccc2)C(C(=O)OC)=C(CC)N=3)cc1OC. The largest absolute Gasteiger partial charge is 0.493 e. The Balaban J connectivity index is 1.93. The topological polar surface area (TPSA) is 79.1 Å². The molecular formula is C27H25IN2O5S. The average Bonchev–Trinajstić information content (AvgIpc) is 3.20. The van der Waals surface area contributed by atoms with Crippen molar-refractivity contribution in [2.45, 2.75) is 19.4 Å². The van der Waals surface area contributed by atoms with Gasteiger partial charge in [-0.3, -0.25) is 9.36 Å². The molecule has 186 valence electrons. The van der Waals surface area contributed by atoms with Gasteiger partial charge in [-0.1, -0.05) is 61.2 Å². The zero-order valence-corrected chi connectivity index (χ0v) is 23.1. The Labute approximate surface area is 226 Å². The van der Waals surface area contributed by atoms with E-state index in [1.807, 2.05) is 49.4 Å². The zero-order chi connectivity index (χ0) is 25.8. The highest BCUT2D eigenvalue weighted by molar-refractivity contribution is 14.1. The van der Waals surface area contributed by atoms with Gasteiger partial charge in [-0.05, 0) is 58.3 Å². The highest BCUT2D eigenvalue weighted by Crippen LogP contribution is 2.34. The lowest BCUT2D eigenvalue weighted by Crippen LogP contribution is -2.40. The number of hydrogen-bond donors (Lipinski definition) is 0. The highest BCUT2D eigenvalue weighted by Gasteiger charge is 2.33. The van der Waals surface area contributed by atoms with Crippen LogP contribution in [0.3, 0.4) is 0 Å². The molecule has 2 aromatic carbocycles. The lowest BCUT2D eigenvalue weighted by atomic mass is 9.95. The van der Waals surface area contributed by atoms with Crippen molar-refractivity contribution in [2.24, 2.45) is 4.99 Å². The van der Waals surface area contributed by atoms with Crippen LogP contribution in [0.15, 0.2) is 76.2 Å². The second kappa shape index (κ2) is 11.3. The van der Waals surface area contributed by atoms with E-state index < -0.39 is 12.0 Å². The first-order chi connectivity index (χ1) is 17.4. The summed E-state index contributed by atoms with van der Waals surface area (Å²) in [7, 11) is 2.91. The summed E-state index contributed by atoms with van der Waals surface area (Å²) < 4.78 is 19.3. The van der Waals surface area contributed by atoms with Gasteiger partial charge in [0.15, 0.2) is 16.3 Å². The molecule has 0 N–H and O–H groups in total. The molecule has 1 atom stereocenters. The van der Waals surface area contributed by atoms with Gasteiger partial charge in [0.2, 0.25) is 0 Å². The summed E-state index contributed by atoms with van der Waals surface area (Å²) in [6, 6.07) is 12.6. The van der Waals surface area contributed by atoms with Crippen molar-refractivity contribution in [3.63, 3.8) is 0 Å². The molecule has 36 heavy (non-hydrogen) atoms. The number of esters is 1. The van der Waals surface area contributed by atoms with Crippen LogP contribution in [0, 0.1) is 3.57 Å². The lowest BCUT2D eigenvalue weighted by molar-refractivity contribution is -0.136. The molecule has 0 amide bonds. The van der Waals surface area contributed by atoms with Crippen molar-refractivity contribution in [1.82, 2.24) is 4.57 Å². The predicted molar refractivity (Wildman–Crippen MR) is 148 cm³/mol. The molecule has 4 rings (SSSR count). The summed E-state index contributed by atoms with van der Waals surface area (Å²) in [6.07, 6.45) is 4.00. The van der Waals surface area contributed by atoms with Gasteiger partial charge < -0.3 is 14.2 Å². The summed E-state index contributed by atoms with van der Waals surface area (Å²) in [4.78, 5) is 31.8. The van der Waals surface area contributed by atoms with E-state index >= 15 is 0 Å². The number of nitrogens with zero attached hydrogens (tertiary/aromatic N) is 2. The molecule has 0 radical (unpaired) electrons. The number of hydrogen-bond acceptors (Lipinski definition) is 7. The van der Waals surface area contributed by atoms with Crippen molar-refractivity contribution < 1.29 is 19.0 Å². The number of carbonyl (C=O) groups is 1. The third-order valence-electron chi connectivity index (χ3n) is 5.66. The number of methoxy groups -OCH3 is 2. The van der Waals surface area contributed by atoms with E-state index in [0.717, 1.165) is 14.7 Å². The summed E-state index contributed by atoms with van der Waals surface area (Å²) in [5.41, 5.74) is 2.36. The smallest absolute Gasteiger partial charge is 0.338 e. The first-order valence-corrected chi connectivity index (χ1v) is 13.1. The fourth-order valence-corrected chi connectivity index (χ4v) is 5.87. The number of carbonyl (C=O) groups excluding carboxylic acids is 1. The summed E-state index contributed by atoms with van der Waals surface area (Å²) in [5.74, 6) is 0.690. The van der Waals surface area contributed by atoms with Crippen molar-refractivity contribution in [1.29, 1.82) is 0 Å². The monoisotopic (exact) mass is 616 g/mol. The zero-order valence-electron chi connectivity index (χ0n) is 20.1. The second-order valence-electron chi connectivity index (χ2n) is 7.83. The van der Waals surface area contributed by atoms with E-state index in [0.29, 0.717) is 45.1 Å². The van der Waals surface area contributed by atoms with Crippen LogP contribution in [0.4, 0.5) is 0 Å². The quantitative estimate of drug-likeness (QED) is 0.218. The maximum atomic E-state index is 13.7. The van der Waals surface area contributed by atoms with E-state index in [-0.39, 0.29) is 5.56 Å². The van der Waals surface area contributed by atoms with E-state index in [9.17, 15) is 9.59 Å². The second-order valence-corrected chi connectivity index (χ2v) is 10.0. The maximum Gasteiger partial charge on any atom is 0.338 e. The molecule has 0 saturated carbocycles. The number of rotatable bonds is 8. The van der Waals surface area contributed by atoms with Crippen LogP contribution in [-0.2, 0) is 9.53 Å². The Kier molecular flexibility index (Phi) is 8.10. The van der Waals surface area contributed by atoms with Gasteiger partial charge in [0.1, 0.15) is 6.61 Å². The molecule has 1 aliphatic rings. The molecule has 1 aliphatic heterocycles. The minimum absolute atomic E-state index is 0.231. The number of halogens is 1. The van der Waals surface area contributed by atoms with Crippen LogP contribution < -0.4 is 24.4 Å². The average molecular weight is 616 g/mol. The normalized spacial score (nSPS) is 15.2. The molecule has 2 heterocycles. The molecule has 7 nitrogen and oxygen atoms in total. The van der Waals surface area contributed by atoms with Crippen LogP contribution >= 0.6 is 33.9 Å². The van der Waals surface area contributed by atoms with Gasteiger partial charge in [-0.25, -0.2) is 9.79 Å². The maximum absolute atomic E-state index is 13.7. The minimum atomic E-state index is -0.628. The standard InChI is InChI=1S/C27H25IN2O5S/c1-5-12-35-24-18(28)13-16(14-20(24)33-3)15-21-25(31)30-23(17-10-8-7-9-11-17)22(26(32)34-4)19(6-2)29-27(30)36-21/h5,7-11,13-15,23H,1,6,12H2,2-4H3/b21-15+/t23-/m1/s1. The van der Waals surface area contributed by atoms with Gasteiger partial charge in [0.25, 0.3) is 5.56 Å². The fourth-order valence-electron chi connectivity index (χ4n) is 4.07. The third kappa shape index (κ3) is 4.90. The Hall–Kier alpha value is -3.18. The number of thiazole rings is 1. The molecule has 3 aromatic rings. The number of aromatic nitrogens is 1. The van der Waals surface area contributed by atoms with Crippen molar-refractivity contribution in [2.75, 3.05) is 20.8 Å². The van der Waals surface area contributed by atoms with Gasteiger partial charge in [0.05, 0.1) is 39.6 Å². The minimum Gasteiger partial charge on any atom is -0.493 e. The summed E-state index contributed by atoms with van der Waals surface area (Å²) in [6.45, 7) is 5.97. The Morgan fingerprint density at radius 2 is 2.00 bits per heavy atom. The molecule has 0 spiro atoms. The Bertz CT molecular complexity index is 1520. The molecule has 0 saturated heterocycles. The van der Waals surface area contributed by atoms with Gasteiger partial charge >= 0.3 is 5.97 Å². The molecule has 0 aliphatic carbocycles. The third-order valence-corrected chi connectivity index (χ3v) is 7.44. The van der Waals surface area contributed by atoms with Gasteiger partial charge in [0, 0.05) is 0 Å². The van der Waals surface area contributed by atoms with Crippen LogP contribution in [0.1, 0.15) is 30.5 Å². The number of ether oxygens (including phenoxy) is 3. The van der Waals surface area contributed by atoms with Crippen LogP contribution in [0.25, 0.3) is 6.08 Å². The van der Waals surface area contributed by atoms with Crippen molar-refractivity contribution in [3.8, 4) is 11.5 Å². The predicted octanol–water partition coefficient (Wildman–Crippen LogP) is 3.98. The number of benzene rings is 2. The van der Waals surface area contributed by atoms with Gasteiger partial charge in [-0.15, -0.1) is 0 Å². The van der Waals surface area contributed by atoms with Crippen LogP contribution in [-0.4, -0.2) is 31.4 Å². The van der Waals surface area contributed by atoms with Crippen LogP contribution in [0.2, 0.25) is 0 Å². The Morgan fingerprint density at radius 3 is 2.64 bits per heavy atom. The van der Waals surface area contributed by atoms with E-state index in [4.69, 9.17) is 19.2 Å².